The molecule has 0 saturated carbocycles. The van der Waals surface area contributed by atoms with Crippen LogP contribution in [0.15, 0.2) is 18.3 Å². The van der Waals surface area contributed by atoms with Crippen molar-refractivity contribution in [3.63, 3.8) is 0 Å². The van der Waals surface area contributed by atoms with Crippen molar-refractivity contribution in [1.82, 2.24) is 4.98 Å². The molecule has 0 unspecified atom stereocenters. The van der Waals surface area contributed by atoms with Gasteiger partial charge in [0, 0.05) is 39.1 Å². The first-order chi connectivity index (χ1) is 8.69. The molecule has 100 valence electrons. The standard InChI is InChI=1S/C12H20N4O2/c1-17-7-5-16(6-8-18-2)11-4-3-10(9-15-11)12(13)14/h3-4,9H,5-8H2,1-2H3,(H3,13,14). The van der Waals surface area contributed by atoms with Crippen LogP contribution in [0.5, 0.6) is 0 Å². The van der Waals surface area contributed by atoms with Crippen molar-refractivity contribution < 1.29 is 9.47 Å². The Morgan fingerprint density at radius 1 is 1.28 bits per heavy atom. The van der Waals surface area contributed by atoms with Gasteiger partial charge < -0.3 is 20.1 Å². The largest absolute Gasteiger partial charge is 0.384 e. The molecule has 0 atom stereocenters. The summed E-state index contributed by atoms with van der Waals surface area (Å²) in [5.41, 5.74) is 6.01. The molecule has 0 radical (unpaired) electrons. The molecule has 1 aromatic heterocycles. The Kier molecular flexibility index (Phi) is 6.10. The van der Waals surface area contributed by atoms with Crippen molar-refractivity contribution in [1.29, 1.82) is 5.41 Å². The number of nitrogens with one attached hydrogen (secondary N) is 1. The van der Waals surface area contributed by atoms with Gasteiger partial charge in [0.2, 0.25) is 0 Å². The average molecular weight is 252 g/mol. The van der Waals surface area contributed by atoms with Crippen LogP contribution in [0, 0.1) is 5.41 Å². The Labute approximate surface area is 107 Å². The highest BCUT2D eigenvalue weighted by atomic mass is 16.5. The number of amidine groups is 1. The first kappa shape index (κ1) is 14.4. The summed E-state index contributed by atoms with van der Waals surface area (Å²) in [5, 5.41) is 7.32. The summed E-state index contributed by atoms with van der Waals surface area (Å²) < 4.78 is 10.1. The topological polar surface area (TPSA) is 84.5 Å². The van der Waals surface area contributed by atoms with Crippen molar-refractivity contribution in [2.45, 2.75) is 0 Å². The summed E-state index contributed by atoms with van der Waals surface area (Å²) >= 11 is 0. The maximum atomic E-state index is 7.32. The number of hydrogen-bond acceptors (Lipinski definition) is 5. The molecule has 0 aromatic carbocycles. The molecule has 1 rings (SSSR count). The minimum atomic E-state index is 0.0226. The molecule has 0 bridgehead atoms. The predicted molar refractivity (Wildman–Crippen MR) is 71.2 cm³/mol. The van der Waals surface area contributed by atoms with Crippen LogP contribution in [0.2, 0.25) is 0 Å². The number of nitrogens with two attached hydrogens (primary N) is 1. The van der Waals surface area contributed by atoms with Gasteiger partial charge in [-0.3, -0.25) is 5.41 Å². The second-order valence-electron chi connectivity index (χ2n) is 3.79. The number of nitrogen functional groups attached to an aromatic ring is 1. The Morgan fingerprint density at radius 2 is 1.89 bits per heavy atom. The van der Waals surface area contributed by atoms with E-state index in [4.69, 9.17) is 20.6 Å². The predicted octanol–water partition coefficient (Wildman–Crippen LogP) is 0.465. The van der Waals surface area contributed by atoms with Gasteiger partial charge in [-0.25, -0.2) is 4.98 Å². The van der Waals surface area contributed by atoms with Gasteiger partial charge in [-0.1, -0.05) is 0 Å². The molecule has 0 saturated heterocycles. The van der Waals surface area contributed by atoms with Crippen molar-refractivity contribution in [3.8, 4) is 0 Å². The molecule has 0 aliphatic carbocycles. The van der Waals surface area contributed by atoms with Gasteiger partial charge in [0.25, 0.3) is 0 Å². The van der Waals surface area contributed by atoms with E-state index in [1.54, 1.807) is 26.5 Å². The number of anilines is 1. The molecule has 1 heterocycles. The number of nitrogens with zero attached hydrogens (tertiary/aromatic N) is 2. The highest BCUT2D eigenvalue weighted by Gasteiger charge is 2.08. The molecule has 1 aromatic rings. The van der Waals surface area contributed by atoms with Gasteiger partial charge in [-0.05, 0) is 12.1 Å². The Bertz CT molecular complexity index is 359. The summed E-state index contributed by atoms with van der Waals surface area (Å²) in [6.45, 7) is 2.73. The first-order valence-corrected chi connectivity index (χ1v) is 5.72. The number of hydrogen-bond donors (Lipinski definition) is 2. The lowest BCUT2D eigenvalue weighted by Crippen LogP contribution is -2.31. The van der Waals surface area contributed by atoms with Gasteiger partial charge in [0.05, 0.1) is 13.2 Å². The molecule has 0 aliphatic heterocycles. The fraction of sp³-hybridized carbons (Fsp3) is 0.500. The summed E-state index contributed by atoms with van der Waals surface area (Å²) in [6, 6.07) is 3.64. The molecule has 0 amide bonds. The lowest BCUT2D eigenvalue weighted by atomic mass is 10.2. The number of ether oxygens (including phenoxy) is 2. The zero-order valence-electron chi connectivity index (χ0n) is 10.8. The van der Waals surface area contributed by atoms with Crippen LogP contribution in [0.25, 0.3) is 0 Å². The molecule has 3 N–H and O–H groups in total. The number of methoxy groups -OCH3 is 2. The SMILES string of the molecule is COCCN(CCOC)c1ccc(C(=N)N)cn1. The fourth-order valence-corrected chi connectivity index (χ4v) is 1.48. The maximum absolute atomic E-state index is 7.32. The molecule has 0 spiro atoms. The van der Waals surface area contributed by atoms with Crippen LogP contribution in [0.1, 0.15) is 5.56 Å². The molecule has 0 fully saturated rings. The fourth-order valence-electron chi connectivity index (χ4n) is 1.48. The highest BCUT2D eigenvalue weighted by molar-refractivity contribution is 5.94. The molecule has 0 aliphatic rings. The lowest BCUT2D eigenvalue weighted by Gasteiger charge is -2.23. The van der Waals surface area contributed by atoms with Crippen LogP contribution >= 0.6 is 0 Å². The average Bonchev–Trinajstić information content (AvgIpc) is 2.39. The van der Waals surface area contributed by atoms with Crippen molar-refractivity contribution in [2.24, 2.45) is 5.73 Å². The zero-order chi connectivity index (χ0) is 13.4. The Morgan fingerprint density at radius 3 is 2.28 bits per heavy atom. The van der Waals surface area contributed by atoms with Crippen LogP contribution in [-0.2, 0) is 9.47 Å². The molecule has 6 heteroatoms. The third-order valence-electron chi connectivity index (χ3n) is 2.51. The van der Waals surface area contributed by atoms with Crippen LogP contribution in [-0.4, -0.2) is 51.3 Å². The van der Waals surface area contributed by atoms with Gasteiger partial charge >= 0.3 is 0 Å². The van der Waals surface area contributed by atoms with Crippen molar-refractivity contribution in [3.05, 3.63) is 23.9 Å². The maximum Gasteiger partial charge on any atom is 0.128 e. The van der Waals surface area contributed by atoms with Crippen LogP contribution < -0.4 is 10.6 Å². The second kappa shape index (κ2) is 7.62. The van der Waals surface area contributed by atoms with E-state index in [2.05, 4.69) is 9.88 Å². The summed E-state index contributed by atoms with van der Waals surface area (Å²) in [6.07, 6.45) is 1.60. The van der Waals surface area contributed by atoms with E-state index < -0.39 is 0 Å². The monoisotopic (exact) mass is 252 g/mol. The minimum absolute atomic E-state index is 0.0226. The lowest BCUT2D eigenvalue weighted by molar-refractivity contribution is 0.190. The van der Waals surface area contributed by atoms with Gasteiger partial charge in [0.1, 0.15) is 11.7 Å². The van der Waals surface area contributed by atoms with E-state index in [0.717, 1.165) is 18.9 Å². The van der Waals surface area contributed by atoms with Gasteiger partial charge in [-0.2, -0.15) is 0 Å². The van der Waals surface area contributed by atoms with E-state index in [1.807, 2.05) is 6.07 Å². The molecule has 6 nitrogen and oxygen atoms in total. The number of rotatable bonds is 8. The normalized spacial score (nSPS) is 10.3. The minimum Gasteiger partial charge on any atom is -0.384 e. The third-order valence-corrected chi connectivity index (χ3v) is 2.51. The first-order valence-electron chi connectivity index (χ1n) is 5.72. The summed E-state index contributed by atoms with van der Waals surface area (Å²) in [7, 11) is 3.33. The Balaban J connectivity index is 2.73. The highest BCUT2D eigenvalue weighted by Crippen LogP contribution is 2.10. The molecule has 18 heavy (non-hydrogen) atoms. The Hall–Kier alpha value is -1.66. The van der Waals surface area contributed by atoms with E-state index in [1.165, 1.54) is 0 Å². The van der Waals surface area contributed by atoms with E-state index in [-0.39, 0.29) is 5.84 Å². The number of aromatic nitrogens is 1. The molecular weight excluding hydrogens is 232 g/mol. The number of pyridine rings is 1. The van der Waals surface area contributed by atoms with Gasteiger partial charge in [0.15, 0.2) is 0 Å². The van der Waals surface area contributed by atoms with Crippen LogP contribution in [0.4, 0.5) is 5.82 Å². The third kappa shape index (κ3) is 4.31. The van der Waals surface area contributed by atoms with Crippen molar-refractivity contribution >= 4 is 11.7 Å². The van der Waals surface area contributed by atoms with Gasteiger partial charge in [-0.15, -0.1) is 0 Å². The second-order valence-corrected chi connectivity index (χ2v) is 3.79. The quantitative estimate of drug-likeness (QED) is 0.519. The molecular formula is C12H20N4O2. The smallest absolute Gasteiger partial charge is 0.128 e. The van der Waals surface area contributed by atoms with E-state index >= 15 is 0 Å². The van der Waals surface area contributed by atoms with E-state index in [0.29, 0.717) is 18.8 Å². The van der Waals surface area contributed by atoms with Crippen molar-refractivity contribution in [2.75, 3.05) is 45.4 Å². The summed E-state index contributed by atoms with van der Waals surface area (Å²) in [4.78, 5) is 6.37. The summed E-state index contributed by atoms with van der Waals surface area (Å²) in [5.74, 6) is 0.850. The van der Waals surface area contributed by atoms with E-state index in [9.17, 15) is 0 Å². The zero-order valence-corrected chi connectivity index (χ0v) is 10.8. The van der Waals surface area contributed by atoms with Crippen LogP contribution in [0.3, 0.4) is 0 Å².